The molecule has 0 amide bonds. The first-order valence-electron chi connectivity index (χ1n) is 4.07. The highest BCUT2D eigenvalue weighted by molar-refractivity contribution is 4.96. The zero-order valence-electron chi connectivity index (χ0n) is 7.70. The summed E-state index contributed by atoms with van der Waals surface area (Å²) >= 11 is 0. The maximum Gasteiger partial charge on any atom is 0.328 e. The molecule has 72 valence electrons. The van der Waals surface area contributed by atoms with Gasteiger partial charge in [-0.1, -0.05) is 0 Å². The molecule has 1 atom stereocenters. The fourth-order valence-corrected chi connectivity index (χ4v) is 1.10. The molecule has 0 bridgehead atoms. The van der Waals surface area contributed by atoms with E-state index in [0.717, 1.165) is 4.57 Å². The first-order chi connectivity index (χ1) is 6.00. The van der Waals surface area contributed by atoms with Gasteiger partial charge < -0.3 is 10.7 Å². The number of aryl methyl sites for hydroxylation is 1. The molecule has 1 heterocycles. The van der Waals surface area contributed by atoms with Crippen molar-refractivity contribution in [3.05, 3.63) is 32.6 Å². The molecule has 3 N–H and O–H groups in total. The van der Waals surface area contributed by atoms with Gasteiger partial charge in [-0.3, -0.25) is 9.36 Å². The van der Waals surface area contributed by atoms with Crippen LogP contribution in [0.25, 0.3) is 0 Å². The predicted octanol–water partition coefficient (Wildman–Crippen LogP) is -0.808. The highest BCUT2D eigenvalue weighted by Gasteiger charge is 2.03. The lowest BCUT2D eigenvalue weighted by Gasteiger charge is -2.06. The molecule has 0 fully saturated rings. The fourth-order valence-electron chi connectivity index (χ4n) is 1.10. The molecule has 5 heteroatoms. The van der Waals surface area contributed by atoms with Crippen molar-refractivity contribution in [2.24, 2.45) is 5.73 Å². The molecule has 1 unspecified atom stereocenters. The zero-order valence-corrected chi connectivity index (χ0v) is 7.70. The van der Waals surface area contributed by atoms with E-state index in [9.17, 15) is 9.59 Å². The summed E-state index contributed by atoms with van der Waals surface area (Å²) in [5.74, 6) is 0. The van der Waals surface area contributed by atoms with E-state index in [2.05, 4.69) is 4.98 Å². The number of hydrogen-bond acceptors (Lipinski definition) is 3. The average molecular weight is 183 g/mol. The molecule has 0 aliphatic heterocycles. The monoisotopic (exact) mass is 183 g/mol. The SMILES string of the molecule is Cc1cc(=O)n(CC(C)N)c(=O)[nH]1. The van der Waals surface area contributed by atoms with E-state index in [-0.39, 0.29) is 18.1 Å². The number of hydrogen-bond donors (Lipinski definition) is 2. The summed E-state index contributed by atoms with van der Waals surface area (Å²) in [6, 6.07) is 1.17. The maximum atomic E-state index is 11.3. The summed E-state index contributed by atoms with van der Waals surface area (Å²) in [6.45, 7) is 3.65. The number of H-pyrrole nitrogens is 1. The molecule has 1 rings (SSSR count). The molecule has 13 heavy (non-hydrogen) atoms. The van der Waals surface area contributed by atoms with E-state index < -0.39 is 5.69 Å². The summed E-state index contributed by atoms with van der Waals surface area (Å²) in [5, 5.41) is 0. The molecule has 0 radical (unpaired) electrons. The molecule has 0 spiro atoms. The van der Waals surface area contributed by atoms with Crippen LogP contribution in [-0.4, -0.2) is 15.6 Å². The molecule has 0 aliphatic rings. The minimum atomic E-state index is -0.401. The largest absolute Gasteiger partial charge is 0.328 e. The van der Waals surface area contributed by atoms with Crippen LogP contribution in [-0.2, 0) is 6.54 Å². The van der Waals surface area contributed by atoms with Gasteiger partial charge in [0.25, 0.3) is 5.56 Å². The smallest absolute Gasteiger partial charge is 0.326 e. The minimum absolute atomic E-state index is 0.207. The lowest BCUT2D eigenvalue weighted by molar-refractivity contribution is 0.547. The Kier molecular flexibility index (Phi) is 2.67. The molecule has 0 saturated carbocycles. The van der Waals surface area contributed by atoms with Crippen molar-refractivity contribution in [1.82, 2.24) is 9.55 Å². The standard InChI is InChI=1S/C8H13N3O2/c1-5(9)4-11-7(12)3-6(2)10-8(11)13/h3,5H,4,9H2,1-2H3,(H,10,13). The van der Waals surface area contributed by atoms with Gasteiger partial charge in [0.05, 0.1) is 0 Å². The van der Waals surface area contributed by atoms with Gasteiger partial charge in [0.1, 0.15) is 0 Å². The van der Waals surface area contributed by atoms with E-state index in [4.69, 9.17) is 5.73 Å². The van der Waals surface area contributed by atoms with Crippen molar-refractivity contribution in [3.8, 4) is 0 Å². The van der Waals surface area contributed by atoms with E-state index in [1.54, 1.807) is 13.8 Å². The third kappa shape index (κ3) is 2.29. The Morgan fingerprint density at radius 3 is 2.69 bits per heavy atom. The highest BCUT2D eigenvalue weighted by atomic mass is 16.2. The van der Waals surface area contributed by atoms with Crippen LogP contribution in [0.15, 0.2) is 15.7 Å². The molecule has 1 aromatic rings. The molecule has 0 saturated heterocycles. The summed E-state index contributed by atoms with van der Waals surface area (Å²) in [5.41, 5.74) is 5.35. The summed E-state index contributed by atoms with van der Waals surface area (Å²) < 4.78 is 1.09. The zero-order chi connectivity index (χ0) is 10.0. The lowest BCUT2D eigenvalue weighted by atomic mass is 10.3. The molecule has 5 nitrogen and oxygen atoms in total. The number of aromatic nitrogens is 2. The fraction of sp³-hybridized carbons (Fsp3) is 0.500. The second-order valence-electron chi connectivity index (χ2n) is 3.18. The van der Waals surface area contributed by atoms with Gasteiger partial charge >= 0.3 is 5.69 Å². The van der Waals surface area contributed by atoms with Crippen LogP contribution >= 0.6 is 0 Å². The number of nitrogens with two attached hydrogens (primary N) is 1. The lowest BCUT2D eigenvalue weighted by Crippen LogP contribution is -2.39. The summed E-state index contributed by atoms with van der Waals surface area (Å²) in [7, 11) is 0. The van der Waals surface area contributed by atoms with Gasteiger partial charge in [-0.25, -0.2) is 4.79 Å². The predicted molar refractivity (Wildman–Crippen MR) is 49.7 cm³/mol. The average Bonchev–Trinajstić information content (AvgIpc) is 1.96. The second kappa shape index (κ2) is 3.57. The normalized spacial score (nSPS) is 12.8. The quantitative estimate of drug-likeness (QED) is 0.629. The van der Waals surface area contributed by atoms with Crippen molar-refractivity contribution < 1.29 is 0 Å². The van der Waals surface area contributed by atoms with Crippen LogP contribution in [0.1, 0.15) is 12.6 Å². The Balaban J connectivity index is 3.22. The summed E-state index contributed by atoms with van der Waals surface area (Å²) in [4.78, 5) is 25.1. The second-order valence-corrected chi connectivity index (χ2v) is 3.18. The Morgan fingerprint density at radius 2 is 2.23 bits per heavy atom. The molecule has 0 aliphatic carbocycles. The molecule has 0 aromatic carbocycles. The number of nitrogens with one attached hydrogen (secondary N) is 1. The van der Waals surface area contributed by atoms with Gasteiger partial charge in [0.2, 0.25) is 0 Å². The minimum Gasteiger partial charge on any atom is -0.326 e. The molecular formula is C8H13N3O2. The van der Waals surface area contributed by atoms with Crippen molar-refractivity contribution in [2.45, 2.75) is 26.4 Å². The van der Waals surface area contributed by atoms with Gasteiger partial charge in [-0.15, -0.1) is 0 Å². The van der Waals surface area contributed by atoms with Crippen molar-refractivity contribution >= 4 is 0 Å². The summed E-state index contributed by atoms with van der Waals surface area (Å²) in [6.07, 6.45) is 0. The van der Waals surface area contributed by atoms with Crippen LogP contribution in [0.3, 0.4) is 0 Å². The Hall–Kier alpha value is -1.36. The highest BCUT2D eigenvalue weighted by Crippen LogP contribution is 1.82. The third-order valence-electron chi connectivity index (χ3n) is 1.63. The number of rotatable bonds is 2. The van der Waals surface area contributed by atoms with Gasteiger partial charge in [0, 0.05) is 24.3 Å². The van der Waals surface area contributed by atoms with Crippen LogP contribution in [0.2, 0.25) is 0 Å². The Labute approximate surface area is 75.2 Å². The van der Waals surface area contributed by atoms with E-state index >= 15 is 0 Å². The molecule has 1 aromatic heterocycles. The van der Waals surface area contributed by atoms with Gasteiger partial charge in [-0.2, -0.15) is 0 Å². The first-order valence-corrected chi connectivity index (χ1v) is 4.07. The van der Waals surface area contributed by atoms with E-state index in [1.807, 2.05) is 0 Å². The van der Waals surface area contributed by atoms with Gasteiger partial charge in [0.15, 0.2) is 0 Å². The molecular weight excluding hydrogens is 170 g/mol. The van der Waals surface area contributed by atoms with Crippen LogP contribution in [0.5, 0.6) is 0 Å². The number of nitrogens with zero attached hydrogens (tertiary/aromatic N) is 1. The Bertz CT molecular complexity index is 371. The van der Waals surface area contributed by atoms with Crippen LogP contribution in [0, 0.1) is 6.92 Å². The third-order valence-corrected chi connectivity index (χ3v) is 1.63. The van der Waals surface area contributed by atoms with Crippen molar-refractivity contribution in [1.29, 1.82) is 0 Å². The van der Waals surface area contributed by atoms with Crippen LogP contribution < -0.4 is 17.0 Å². The van der Waals surface area contributed by atoms with E-state index in [0.29, 0.717) is 5.69 Å². The topological polar surface area (TPSA) is 80.9 Å². The van der Waals surface area contributed by atoms with Crippen molar-refractivity contribution in [3.63, 3.8) is 0 Å². The number of aromatic amines is 1. The van der Waals surface area contributed by atoms with Crippen LogP contribution in [0.4, 0.5) is 0 Å². The van der Waals surface area contributed by atoms with Gasteiger partial charge in [-0.05, 0) is 13.8 Å². The maximum absolute atomic E-state index is 11.3. The van der Waals surface area contributed by atoms with Crippen molar-refractivity contribution in [2.75, 3.05) is 0 Å². The van der Waals surface area contributed by atoms with E-state index in [1.165, 1.54) is 6.07 Å². The first kappa shape index (κ1) is 9.73. The Morgan fingerprint density at radius 1 is 1.62 bits per heavy atom.